The quantitative estimate of drug-likeness (QED) is 0.304. The molecule has 0 radical (unpaired) electrons. The molecule has 5 nitrogen and oxygen atoms in total. The van der Waals surface area contributed by atoms with Crippen molar-refractivity contribution in [1.82, 2.24) is 9.88 Å². The van der Waals surface area contributed by atoms with Crippen LogP contribution in [0, 0.1) is 11.8 Å². The number of ketones is 1. The zero-order valence-electron chi connectivity index (χ0n) is 21.0. The number of nitrogens with one attached hydrogen (secondary N) is 1. The molecule has 2 saturated carbocycles. The van der Waals surface area contributed by atoms with Crippen LogP contribution in [-0.4, -0.2) is 46.4 Å². The van der Waals surface area contributed by atoms with Crippen LogP contribution in [-0.2, 0) is 0 Å². The van der Waals surface area contributed by atoms with E-state index in [0.717, 1.165) is 59.3 Å². The average molecular weight is 539 g/mol. The lowest BCUT2D eigenvalue weighted by atomic mass is 9.85. The predicted molar refractivity (Wildman–Crippen MR) is 151 cm³/mol. The van der Waals surface area contributed by atoms with E-state index in [-0.39, 0.29) is 27.5 Å². The number of halogens is 2. The number of phenols is 1. The van der Waals surface area contributed by atoms with E-state index in [2.05, 4.69) is 21.3 Å². The van der Waals surface area contributed by atoms with E-state index in [0.29, 0.717) is 11.6 Å². The van der Waals surface area contributed by atoms with Crippen LogP contribution < -0.4 is 5.32 Å². The van der Waals surface area contributed by atoms with Crippen LogP contribution in [0.2, 0.25) is 10.0 Å². The summed E-state index contributed by atoms with van der Waals surface area (Å²) in [6.45, 7) is 3.75. The molecule has 0 amide bonds. The molecule has 1 aliphatic heterocycles. The lowest BCUT2D eigenvalue weighted by Gasteiger charge is -2.32. The summed E-state index contributed by atoms with van der Waals surface area (Å²) in [6.07, 6.45) is 11.0. The lowest BCUT2D eigenvalue weighted by Crippen LogP contribution is -2.33. The van der Waals surface area contributed by atoms with Gasteiger partial charge in [0.25, 0.3) is 0 Å². The minimum Gasteiger partial charge on any atom is -0.505 e. The first-order valence-electron chi connectivity index (χ1n) is 13.6. The summed E-state index contributed by atoms with van der Waals surface area (Å²) in [6, 6.07) is 9.78. The Balaban J connectivity index is 1.31. The first-order chi connectivity index (χ1) is 18.0. The van der Waals surface area contributed by atoms with Crippen molar-refractivity contribution in [2.75, 3.05) is 25.0 Å². The fourth-order valence-electron chi connectivity index (χ4n) is 6.04. The molecule has 0 bridgehead atoms. The molecule has 1 saturated heterocycles. The summed E-state index contributed by atoms with van der Waals surface area (Å²) >= 11 is 12.4. The van der Waals surface area contributed by atoms with Gasteiger partial charge in [0.1, 0.15) is 0 Å². The first-order valence-corrected chi connectivity index (χ1v) is 14.4. The first kappa shape index (κ1) is 25.0. The molecule has 0 spiro atoms. The van der Waals surface area contributed by atoms with Crippen LogP contribution in [0.1, 0.15) is 61.7 Å². The largest absolute Gasteiger partial charge is 0.505 e. The molecule has 1 aromatic heterocycles. The number of fused-ring (bicyclic) bond motifs is 1. The van der Waals surface area contributed by atoms with Gasteiger partial charge in [0.15, 0.2) is 11.5 Å². The van der Waals surface area contributed by atoms with E-state index in [9.17, 15) is 9.90 Å². The molecule has 0 atom stereocenters. The molecule has 3 aliphatic rings. The third-order valence-electron chi connectivity index (χ3n) is 8.34. The van der Waals surface area contributed by atoms with Gasteiger partial charge in [-0.3, -0.25) is 9.78 Å². The molecular weight excluding hydrogens is 505 g/mol. The van der Waals surface area contributed by atoms with Gasteiger partial charge in [-0.15, -0.1) is 0 Å². The minimum absolute atomic E-state index is 0.116. The fraction of sp³-hybridized carbons (Fsp3) is 0.467. The number of benzene rings is 2. The van der Waals surface area contributed by atoms with Crippen molar-refractivity contribution in [3.63, 3.8) is 0 Å². The van der Waals surface area contributed by atoms with Gasteiger partial charge in [-0.2, -0.15) is 0 Å². The lowest BCUT2D eigenvalue weighted by molar-refractivity contribution is 0.0968. The van der Waals surface area contributed by atoms with Crippen LogP contribution in [0.5, 0.6) is 5.75 Å². The number of Topliss-reactive ketones (excluding diaryl/α,β-unsaturated/α-hetero) is 1. The third-order valence-corrected chi connectivity index (χ3v) is 8.92. The highest BCUT2D eigenvalue weighted by atomic mass is 35.5. The van der Waals surface area contributed by atoms with Crippen molar-refractivity contribution in [2.24, 2.45) is 11.8 Å². The smallest absolute Gasteiger partial charge is 0.169 e. The van der Waals surface area contributed by atoms with Gasteiger partial charge in [-0.25, -0.2) is 0 Å². The highest BCUT2D eigenvalue weighted by Crippen LogP contribution is 2.41. The number of carbonyl (C=O) groups excluding carboxylic acids is 1. The van der Waals surface area contributed by atoms with E-state index < -0.39 is 0 Å². The molecule has 2 N–H and O–H groups in total. The highest BCUT2D eigenvalue weighted by Gasteiger charge is 2.33. The van der Waals surface area contributed by atoms with Gasteiger partial charge in [0.2, 0.25) is 0 Å². The monoisotopic (exact) mass is 537 g/mol. The standard InChI is InChI=1S/C30H33Cl2N3O2/c31-25-14-21(15-26(32)30(25)37)20-7-10-27-23(13-20)28(24(16-33-27)29(36)19-5-6-19)34-22-8-3-18(4-9-22)17-35-11-1-2-12-35/h7,10,13-16,18-19,22,37H,1-6,8-9,11-12,17H2,(H,33,34). The van der Waals surface area contributed by atoms with Gasteiger partial charge in [-0.05, 0) is 106 Å². The Kier molecular flexibility index (Phi) is 7.04. The van der Waals surface area contributed by atoms with Crippen molar-refractivity contribution in [3.05, 3.63) is 52.1 Å². The third kappa shape index (κ3) is 5.32. The van der Waals surface area contributed by atoms with Crippen LogP contribution in [0.4, 0.5) is 5.69 Å². The van der Waals surface area contributed by atoms with Crippen molar-refractivity contribution in [3.8, 4) is 16.9 Å². The summed E-state index contributed by atoms with van der Waals surface area (Å²) in [5, 5.41) is 15.2. The van der Waals surface area contributed by atoms with E-state index in [1.807, 2.05) is 12.1 Å². The normalized spacial score (nSPS) is 22.4. The molecule has 6 rings (SSSR count). The number of carbonyl (C=O) groups is 1. The summed E-state index contributed by atoms with van der Waals surface area (Å²) in [4.78, 5) is 20.6. The van der Waals surface area contributed by atoms with Crippen LogP contribution >= 0.6 is 23.2 Å². The SMILES string of the molecule is O=C(c1cnc2ccc(-c3cc(Cl)c(O)c(Cl)c3)cc2c1NC1CCC(CN2CCCC2)CC1)C1CC1. The van der Waals surface area contributed by atoms with Crippen LogP contribution in [0.15, 0.2) is 36.5 Å². The van der Waals surface area contributed by atoms with Gasteiger partial charge in [0, 0.05) is 30.1 Å². The van der Waals surface area contributed by atoms with Gasteiger partial charge in [-0.1, -0.05) is 29.3 Å². The number of likely N-dealkylation sites (tertiary alicyclic amines) is 1. The number of pyridine rings is 1. The molecule has 2 heterocycles. The Bertz CT molecular complexity index is 1300. The van der Waals surface area contributed by atoms with E-state index in [4.69, 9.17) is 23.2 Å². The number of anilines is 1. The average Bonchev–Trinajstić information content (AvgIpc) is 3.64. The highest BCUT2D eigenvalue weighted by molar-refractivity contribution is 6.37. The Morgan fingerprint density at radius 2 is 1.68 bits per heavy atom. The Morgan fingerprint density at radius 1 is 0.973 bits per heavy atom. The summed E-state index contributed by atoms with van der Waals surface area (Å²) in [7, 11) is 0. The van der Waals surface area contributed by atoms with E-state index in [1.54, 1.807) is 18.3 Å². The van der Waals surface area contributed by atoms with Crippen molar-refractivity contribution >= 4 is 45.6 Å². The number of nitrogens with zero attached hydrogens (tertiary/aromatic N) is 2. The maximum absolute atomic E-state index is 13.3. The van der Waals surface area contributed by atoms with Crippen LogP contribution in [0.3, 0.4) is 0 Å². The van der Waals surface area contributed by atoms with E-state index >= 15 is 0 Å². The number of hydrogen-bond acceptors (Lipinski definition) is 5. The molecule has 3 fully saturated rings. The van der Waals surface area contributed by atoms with Crippen molar-refractivity contribution in [1.29, 1.82) is 0 Å². The second-order valence-electron chi connectivity index (χ2n) is 11.1. The summed E-state index contributed by atoms with van der Waals surface area (Å²) in [5.41, 5.74) is 4.17. The van der Waals surface area contributed by atoms with Gasteiger partial charge >= 0.3 is 0 Å². The minimum atomic E-state index is -0.116. The van der Waals surface area contributed by atoms with Crippen molar-refractivity contribution in [2.45, 2.75) is 57.4 Å². The topological polar surface area (TPSA) is 65.5 Å². The molecular formula is C30H33Cl2N3O2. The van der Waals surface area contributed by atoms with Gasteiger partial charge in [0.05, 0.1) is 26.8 Å². The summed E-state index contributed by atoms with van der Waals surface area (Å²) in [5.74, 6) is 0.970. The van der Waals surface area contributed by atoms with Crippen molar-refractivity contribution < 1.29 is 9.90 Å². The number of aromatic hydroxyl groups is 1. The Hall–Kier alpha value is -2.34. The summed E-state index contributed by atoms with van der Waals surface area (Å²) < 4.78 is 0. The zero-order chi connectivity index (χ0) is 25.5. The molecule has 37 heavy (non-hydrogen) atoms. The maximum atomic E-state index is 13.3. The fourth-order valence-corrected chi connectivity index (χ4v) is 6.52. The second kappa shape index (κ2) is 10.4. The maximum Gasteiger partial charge on any atom is 0.169 e. The number of aromatic nitrogens is 1. The Labute approximate surface area is 228 Å². The molecule has 3 aromatic rings. The number of rotatable bonds is 7. The molecule has 2 aliphatic carbocycles. The molecule has 194 valence electrons. The second-order valence-corrected chi connectivity index (χ2v) is 11.9. The number of hydrogen-bond donors (Lipinski definition) is 2. The van der Waals surface area contributed by atoms with Gasteiger partial charge < -0.3 is 15.3 Å². The number of phenolic OH excluding ortho intramolecular Hbond substituents is 1. The molecule has 0 unspecified atom stereocenters. The zero-order valence-corrected chi connectivity index (χ0v) is 22.5. The van der Waals surface area contributed by atoms with Crippen LogP contribution in [0.25, 0.3) is 22.0 Å². The van der Waals surface area contributed by atoms with E-state index in [1.165, 1.54) is 45.3 Å². The Morgan fingerprint density at radius 3 is 2.35 bits per heavy atom. The molecule has 2 aromatic carbocycles. The molecule has 7 heteroatoms. The predicted octanol–water partition coefficient (Wildman–Crippen LogP) is 7.57.